The minimum atomic E-state index is -0.621. The molecule has 2 aliphatic heterocycles. The SMILES string of the molecule is CC(C)(C)OC(=O)[C@@H]1CCCN1C[C@@H]1C[C@H](c2ccc(CO)cc2)O[C@H](c2ccc(-c3cccc(CNC(=O)Nc4ccc(Oc5ccccc5)cc4)c3)cc2)O1. The zero-order valence-electron chi connectivity index (χ0n) is 32.7. The molecule has 2 saturated heterocycles. The second-order valence-corrected chi connectivity index (χ2v) is 15.6. The van der Waals surface area contributed by atoms with Gasteiger partial charge in [-0.25, -0.2) is 4.79 Å². The predicted molar refractivity (Wildman–Crippen MR) is 220 cm³/mol. The lowest BCUT2D eigenvalue weighted by molar-refractivity contribution is -0.253. The number of rotatable bonds is 12. The molecule has 0 radical (unpaired) electrons. The van der Waals surface area contributed by atoms with Crippen LogP contribution in [0.5, 0.6) is 11.5 Å². The van der Waals surface area contributed by atoms with Gasteiger partial charge in [0, 0.05) is 30.8 Å². The molecule has 296 valence electrons. The van der Waals surface area contributed by atoms with Gasteiger partial charge in [-0.2, -0.15) is 0 Å². The van der Waals surface area contributed by atoms with Crippen LogP contribution in [-0.2, 0) is 32.2 Å². The molecule has 3 N–H and O–H groups in total. The number of amides is 2. The first-order valence-electron chi connectivity index (χ1n) is 19.6. The first kappa shape index (κ1) is 39.7. The minimum Gasteiger partial charge on any atom is -0.459 e. The van der Waals surface area contributed by atoms with E-state index in [2.05, 4.69) is 33.7 Å². The number of carbonyl (C=O) groups excluding carboxylic acids is 2. The summed E-state index contributed by atoms with van der Waals surface area (Å²) in [4.78, 5) is 28.1. The first-order valence-corrected chi connectivity index (χ1v) is 19.6. The van der Waals surface area contributed by atoms with Crippen LogP contribution in [0.4, 0.5) is 10.5 Å². The average molecular weight is 770 g/mol. The molecule has 10 heteroatoms. The van der Waals surface area contributed by atoms with Crippen molar-refractivity contribution in [2.45, 2.75) is 83.3 Å². The number of nitrogens with one attached hydrogen (secondary N) is 2. The molecule has 0 aromatic heterocycles. The monoisotopic (exact) mass is 769 g/mol. The lowest BCUT2D eigenvalue weighted by atomic mass is 9.98. The van der Waals surface area contributed by atoms with E-state index < -0.39 is 11.9 Å². The summed E-state index contributed by atoms with van der Waals surface area (Å²) in [5, 5.41) is 15.4. The highest BCUT2D eigenvalue weighted by molar-refractivity contribution is 5.89. The third-order valence-corrected chi connectivity index (χ3v) is 10.1. The molecule has 10 nitrogen and oxygen atoms in total. The van der Waals surface area contributed by atoms with Gasteiger partial charge in [-0.1, -0.05) is 84.9 Å². The first-order chi connectivity index (χ1) is 27.6. The van der Waals surface area contributed by atoms with Crippen LogP contribution in [0, 0.1) is 0 Å². The summed E-state index contributed by atoms with van der Waals surface area (Å²) in [5.74, 6) is 1.24. The van der Waals surface area contributed by atoms with Gasteiger partial charge in [0.1, 0.15) is 23.1 Å². The number of likely N-dealkylation sites (tertiary alicyclic amines) is 1. The van der Waals surface area contributed by atoms with Gasteiger partial charge >= 0.3 is 12.0 Å². The average Bonchev–Trinajstić information content (AvgIpc) is 3.69. The van der Waals surface area contributed by atoms with Crippen LogP contribution < -0.4 is 15.4 Å². The van der Waals surface area contributed by atoms with Crippen molar-refractivity contribution < 1.29 is 33.6 Å². The molecule has 0 spiro atoms. The van der Waals surface area contributed by atoms with Crippen LogP contribution in [0.25, 0.3) is 11.1 Å². The number of aliphatic hydroxyl groups is 1. The topological polar surface area (TPSA) is 119 Å². The van der Waals surface area contributed by atoms with Crippen molar-refractivity contribution in [1.82, 2.24) is 10.2 Å². The van der Waals surface area contributed by atoms with E-state index in [1.807, 2.05) is 118 Å². The quantitative estimate of drug-likeness (QED) is 0.108. The Balaban J connectivity index is 0.986. The van der Waals surface area contributed by atoms with Crippen molar-refractivity contribution in [3.63, 3.8) is 0 Å². The lowest BCUT2D eigenvalue weighted by Crippen LogP contribution is -2.45. The van der Waals surface area contributed by atoms with Crippen molar-refractivity contribution in [3.8, 4) is 22.6 Å². The number of para-hydroxylation sites is 1. The van der Waals surface area contributed by atoms with Gasteiger partial charge in [-0.05, 0) is 110 Å². The number of benzene rings is 5. The fraction of sp³-hybridized carbons (Fsp3) is 0.319. The van der Waals surface area contributed by atoms with E-state index in [4.69, 9.17) is 18.9 Å². The number of hydrogen-bond donors (Lipinski definition) is 3. The third kappa shape index (κ3) is 10.9. The number of esters is 1. The highest BCUT2D eigenvalue weighted by Gasteiger charge is 2.39. The maximum atomic E-state index is 13.1. The molecule has 57 heavy (non-hydrogen) atoms. The highest BCUT2D eigenvalue weighted by atomic mass is 16.7. The molecule has 0 saturated carbocycles. The molecule has 0 unspecified atom stereocenters. The molecular weight excluding hydrogens is 719 g/mol. The van der Waals surface area contributed by atoms with Gasteiger partial charge in [0.25, 0.3) is 0 Å². The van der Waals surface area contributed by atoms with E-state index in [9.17, 15) is 14.7 Å². The Morgan fingerprint density at radius 3 is 2.23 bits per heavy atom. The Hall–Kier alpha value is -5.52. The van der Waals surface area contributed by atoms with E-state index in [1.165, 1.54) is 0 Å². The van der Waals surface area contributed by atoms with E-state index in [0.29, 0.717) is 30.9 Å². The number of aliphatic hydroxyl groups excluding tert-OH is 1. The third-order valence-electron chi connectivity index (χ3n) is 10.1. The molecule has 0 aliphatic carbocycles. The van der Waals surface area contributed by atoms with Crippen molar-refractivity contribution in [2.75, 3.05) is 18.4 Å². The van der Waals surface area contributed by atoms with Crippen molar-refractivity contribution in [3.05, 3.63) is 150 Å². The second-order valence-electron chi connectivity index (χ2n) is 15.6. The summed E-state index contributed by atoms with van der Waals surface area (Å²) in [5.41, 5.74) is 5.84. The molecule has 2 amide bonds. The molecule has 0 bridgehead atoms. The van der Waals surface area contributed by atoms with Gasteiger partial charge in [-0.15, -0.1) is 0 Å². The number of anilines is 1. The summed E-state index contributed by atoms with van der Waals surface area (Å²) in [6, 6.07) is 40.3. The molecule has 2 heterocycles. The summed E-state index contributed by atoms with van der Waals surface area (Å²) >= 11 is 0. The van der Waals surface area contributed by atoms with E-state index in [-0.39, 0.29) is 36.9 Å². The van der Waals surface area contributed by atoms with Crippen molar-refractivity contribution in [1.29, 1.82) is 0 Å². The Labute approximate surface area is 334 Å². The fourth-order valence-electron chi connectivity index (χ4n) is 7.26. The van der Waals surface area contributed by atoms with E-state index >= 15 is 0 Å². The second kappa shape index (κ2) is 18.2. The molecule has 5 aromatic carbocycles. The van der Waals surface area contributed by atoms with E-state index in [0.717, 1.165) is 58.5 Å². The lowest BCUT2D eigenvalue weighted by Gasteiger charge is -2.38. The van der Waals surface area contributed by atoms with E-state index in [1.54, 1.807) is 12.1 Å². The number of nitrogens with zero attached hydrogens (tertiary/aromatic N) is 1. The van der Waals surface area contributed by atoms with Gasteiger partial charge in [0.15, 0.2) is 6.29 Å². The number of ether oxygens (including phenoxy) is 4. The molecular formula is C47H51N3O7. The smallest absolute Gasteiger partial charge is 0.323 e. The molecule has 2 fully saturated rings. The maximum Gasteiger partial charge on any atom is 0.323 e. The summed E-state index contributed by atoms with van der Waals surface area (Å²) in [7, 11) is 0. The van der Waals surface area contributed by atoms with Crippen LogP contribution >= 0.6 is 0 Å². The standard InChI is InChI=1S/C47H51N3O7/c1-47(2,3)57-44(52)42-13-8-26-50(42)30-41-28-43(35-16-14-32(31-51)15-17-35)56-45(55-41)36-20-18-34(19-21-36)37-10-7-9-33(27-37)29-48-46(53)49-38-22-24-40(25-23-38)54-39-11-5-4-6-12-39/h4-7,9-12,14-25,27,41-43,45,51H,8,13,26,28-31H2,1-3H3,(H2,48,49,53)/t41-,42-,43+,45+/m0/s1. The van der Waals surface area contributed by atoms with Crippen LogP contribution in [0.1, 0.15) is 74.7 Å². The molecule has 7 rings (SSSR count). The predicted octanol–water partition coefficient (Wildman–Crippen LogP) is 9.31. The Bertz CT molecular complexity index is 2080. The summed E-state index contributed by atoms with van der Waals surface area (Å²) in [6.07, 6.45) is 1.26. The minimum absolute atomic E-state index is 0.0239. The highest BCUT2D eigenvalue weighted by Crippen LogP contribution is 2.39. The van der Waals surface area contributed by atoms with Gasteiger partial charge in [-0.3, -0.25) is 9.69 Å². The summed E-state index contributed by atoms with van der Waals surface area (Å²) in [6.45, 7) is 7.41. The number of urea groups is 1. The van der Waals surface area contributed by atoms with Crippen LogP contribution in [0.3, 0.4) is 0 Å². The number of carbonyl (C=O) groups is 2. The zero-order chi connectivity index (χ0) is 39.8. The van der Waals surface area contributed by atoms with Crippen molar-refractivity contribution >= 4 is 17.7 Å². The Morgan fingerprint density at radius 2 is 1.51 bits per heavy atom. The Kier molecular flexibility index (Phi) is 12.7. The Morgan fingerprint density at radius 1 is 0.789 bits per heavy atom. The van der Waals surface area contributed by atoms with Gasteiger partial charge < -0.3 is 34.7 Å². The van der Waals surface area contributed by atoms with Gasteiger partial charge in [0.05, 0.1) is 18.8 Å². The van der Waals surface area contributed by atoms with Crippen LogP contribution in [0.15, 0.2) is 127 Å². The zero-order valence-corrected chi connectivity index (χ0v) is 32.7. The molecule has 4 atom stereocenters. The largest absolute Gasteiger partial charge is 0.459 e. The van der Waals surface area contributed by atoms with Crippen LogP contribution in [-0.4, -0.2) is 52.8 Å². The van der Waals surface area contributed by atoms with Crippen LogP contribution in [0.2, 0.25) is 0 Å². The molecule has 5 aromatic rings. The fourth-order valence-corrected chi connectivity index (χ4v) is 7.26. The maximum absolute atomic E-state index is 13.1. The van der Waals surface area contributed by atoms with Gasteiger partial charge in [0.2, 0.25) is 0 Å². The molecule has 2 aliphatic rings. The summed E-state index contributed by atoms with van der Waals surface area (Å²) < 4.78 is 24.9. The normalized spacial score (nSPS) is 19.8. The van der Waals surface area contributed by atoms with Crippen molar-refractivity contribution in [2.24, 2.45) is 0 Å². The number of hydrogen-bond acceptors (Lipinski definition) is 8.